The maximum atomic E-state index is 11.9. The van der Waals surface area contributed by atoms with Gasteiger partial charge in [0.2, 0.25) is 0 Å². The molecule has 0 bridgehead atoms. The summed E-state index contributed by atoms with van der Waals surface area (Å²) in [5.74, 6) is -0.352. The Kier molecular flexibility index (Phi) is 4.57. The topological polar surface area (TPSA) is 75.8 Å². The monoisotopic (exact) mass is 330 g/mol. The van der Waals surface area contributed by atoms with Crippen LogP contribution < -0.4 is 4.90 Å². The first-order valence-electron chi connectivity index (χ1n) is 8.27. The van der Waals surface area contributed by atoms with Crippen molar-refractivity contribution in [1.29, 1.82) is 0 Å². The number of carboxylic acid groups (broad SMARTS) is 1. The fourth-order valence-corrected chi connectivity index (χ4v) is 3.18. The second-order valence-corrected chi connectivity index (χ2v) is 6.04. The summed E-state index contributed by atoms with van der Waals surface area (Å²) in [6, 6.07) is 9.20. The number of hydrogen-bond acceptors (Lipinski definition) is 5. The first kappa shape index (κ1) is 16.5. The van der Waals surface area contributed by atoms with Crippen molar-refractivity contribution in [3.63, 3.8) is 0 Å². The van der Waals surface area contributed by atoms with Crippen molar-refractivity contribution >= 4 is 11.8 Å². The van der Waals surface area contributed by atoms with Gasteiger partial charge in [-0.2, -0.15) is 0 Å². The minimum Gasteiger partial charge on any atom is -0.477 e. The van der Waals surface area contributed by atoms with Gasteiger partial charge in [0.25, 0.3) is 0 Å². The number of ether oxygens (including phenoxy) is 1. The number of carbonyl (C=O) groups is 1. The molecule has 6 nitrogen and oxygen atoms in total. The number of aromatic nitrogens is 1. The molecule has 6 heteroatoms. The van der Waals surface area contributed by atoms with Gasteiger partial charge in [-0.1, -0.05) is 49.3 Å². The summed E-state index contributed by atoms with van der Waals surface area (Å²) in [4.78, 5) is 13.8. The summed E-state index contributed by atoms with van der Waals surface area (Å²) in [5.41, 5.74) is 0.559. The zero-order valence-electron chi connectivity index (χ0n) is 14.0. The maximum absolute atomic E-state index is 11.9. The van der Waals surface area contributed by atoms with Crippen molar-refractivity contribution in [3.8, 4) is 11.3 Å². The number of benzene rings is 1. The lowest BCUT2D eigenvalue weighted by molar-refractivity contribution is -0.0608. The summed E-state index contributed by atoms with van der Waals surface area (Å²) >= 11 is 0. The van der Waals surface area contributed by atoms with E-state index in [0.717, 1.165) is 12.8 Å². The van der Waals surface area contributed by atoms with E-state index in [1.807, 2.05) is 35.2 Å². The van der Waals surface area contributed by atoms with E-state index < -0.39 is 5.97 Å². The number of morpholine rings is 1. The van der Waals surface area contributed by atoms with Crippen LogP contribution in [0.15, 0.2) is 34.9 Å². The van der Waals surface area contributed by atoms with E-state index in [1.165, 1.54) is 0 Å². The number of aromatic carboxylic acids is 1. The van der Waals surface area contributed by atoms with Crippen molar-refractivity contribution in [2.75, 3.05) is 24.6 Å². The number of anilines is 1. The van der Waals surface area contributed by atoms with Gasteiger partial charge < -0.3 is 19.3 Å². The van der Waals surface area contributed by atoms with Crippen LogP contribution >= 0.6 is 0 Å². The van der Waals surface area contributed by atoms with E-state index >= 15 is 0 Å². The Morgan fingerprint density at radius 1 is 1.29 bits per heavy atom. The summed E-state index contributed by atoms with van der Waals surface area (Å²) in [6.45, 7) is 5.94. The molecule has 0 saturated carbocycles. The third-order valence-electron chi connectivity index (χ3n) is 4.76. The van der Waals surface area contributed by atoms with Crippen molar-refractivity contribution in [3.05, 3.63) is 35.9 Å². The molecule has 2 aromatic rings. The van der Waals surface area contributed by atoms with Gasteiger partial charge in [-0.25, -0.2) is 4.79 Å². The van der Waals surface area contributed by atoms with Crippen LogP contribution in [0, 0.1) is 0 Å². The highest BCUT2D eigenvalue weighted by molar-refractivity contribution is 5.99. The second kappa shape index (κ2) is 6.65. The van der Waals surface area contributed by atoms with E-state index in [2.05, 4.69) is 19.0 Å². The highest BCUT2D eigenvalue weighted by Gasteiger charge is 2.37. The molecular formula is C18H22N2O4. The van der Waals surface area contributed by atoms with E-state index in [0.29, 0.717) is 36.8 Å². The molecule has 0 atom stereocenters. The first-order valence-corrected chi connectivity index (χ1v) is 8.27. The Morgan fingerprint density at radius 2 is 2.00 bits per heavy atom. The van der Waals surface area contributed by atoms with Crippen LogP contribution in [0.5, 0.6) is 0 Å². The predicted molar refractivity (Wildman–Crippen MR) is 90.4 cm³/mol. The van der Waals surface area contributed by atoms with Crippen LogP contribution in [0.4, 0.5) is 5.82 Å². The van der Waals surface area contributed by atoms with Gasteiger partial charge in [0.1, 0.15) is 0 Å². The number of hydrogen-bond donors (Lipinski definition) is 1. The van der Waals surface area contributed by atoms with Gasteiger partial charge in [0, 0.05) is 18.7 Å². The van der Waals surface area contributed by atoms with Crippen LogP contribution in [0.3, 0.4) is 0 Å². The molecule has 1 saturated heterocycles. The highest BCUT2D eigenvalue weighted by atomic mass is 16.5. The molecule has 1 aromatic heterocycles. The molecule has 128 valence electrons. The van der Waals surface area contributed by atoms with Crippen molar-refractivity contribution in [1.82, 2.24) is 5.16 Å². The molecule has 1 N–H and O–H groups in total. The average Bonchev–Trinajstić information content (AvgIpc) is 3.08. The highest BCUT2D eigenvalue weighted by Crippen LogP contribution is 2.34. The minimum atomic E-state index is -1.03. The van der Waals surface area contributed by atoms with Crippen LogP contribution in [-0.2, 0) is 4.74 Å². The molecule has 0 radical (unpaired) electrons. The van der Waals surface area contributed by atoms with Crippen LogP contribution in [-0.4, -0.2) is 41.5 Å². The lowest BCUT2D eigenvalue weighted by atomic mass is 9.94. The van der Waals surface area contributed by atoms with Gasteiger partial charge >= 0.3 is 5.97 Å². The third kappa shape index (κ3) is 2.89. The van der Waals surface area contributed by atoms with E-state index in [9.17, 15) is 9.90 Å². The Labute approximate surface area is 141 Å². The Bertz CT molecular complexity index is 707. The summed E-state index contributed by atoms with van der Waals surface area (Å²) in [6.07, 6.45) is 1.73. The SMILES string of the molecule is CCC1(CC)CN(c2noc(-c3ccccc3)c2C(=O)O)CCO1. The van der Waals surface area contributed by atoms with Gasteiger partial charge in [-0.3, -0.25) is 0 Å². The number of nitrogens with zero attached hydrogens (tertiary/aromatic N) is 2. The fourth-order valence-electron chi connectivity index (χ4n) is 3.18. The molecular weight excluding hydrogens is 308 g/mol. The first-order chi connectivity index (χ1) is 11.6. The summed E-state index contributed by atoms with van der Waals surface area (Å²) in [7, 11) is 0. The van der Waals surface area contributed by atoms with Crippen molar-refractivity contribution < 1.29 is 19.2 Å². The second-order valence-electron chi connectivity index (χ2n) is 6.04. The van der Waals surface area contributed by atoms with E-state index in [1.54, 1.807) is 0 Å². The van der Waals surface area contributed by atoms with Gasteiger partial charge in [0.05, 0.1) is 12.2 Å². The molecule has 1 aromatic carbocycles. The number of carboxylic acids is 1. The van der Waals surface area contributed by atoms with Crippen molar-refractivity contribution in [2.45, 2.75) is 32.3 Å². The smallest absolute Gasteiger partial charge is 0.343 e. The molecule has 0 spiro atoms. The quantitative estimate of drug-likeness (QED) is 0.905. The molecule has 24 heavy (non-hydrogen) atoms. The lowest BCUT2D eigenvalue weighted by Crippen LogP contribution is -2.51. The standard InChI is InChI=1S/C18H22N2O4/c1-3-18(4-2)12-20(10-11-23-18)16-14(17(21)22)15(24-19-16)13-8-6-5-7-9-13/h5-9H,3-4,10-12H2,1-2H3,(H,21,22). The van der Waals surface area contributed by atoms with E-state index in [-0.39, 0.29) is 11.2 Å². The lowest BCUT2D eigenvalue weighted by Gasteiger charge is -2.42. The molecule has 1 aliphatic rings. The molecule has 1 aliphatic heterocycles. The zero-order valence-corrected chi connectivity index (χ0v) is 14.0. The molecule has 0 aliphatic carbocycles. The van der Waals surface area contributed by atoms with Gasteiger partial charge in [-0.05, 0) is 12.8 Å². The third-order valence-corrected chi connectivity index (χ3v) is 4.76. The van der Waals surface area contributed by atoms with Gasteiger partial charge in [-0.15, -0.1) is 0 Å². The normalized spacial score (nSPS) is 17.0. The molecule has 1 fully saturated rings. The largest absolute Gasteiger partial charge is 0.477 e. The molecule has 2 heterocycles. The van der Waals surface area contributed by atoms with E-state index in [4.69, 9.17) is 9.26 Å². The van der Waals surface area contributed by atoms with Crippen molar-refractivity contribution in [2.24, 2.45) is 0 Å². The Morgan fingerprint density at radius 3 is 2.62 bits per heavy atom. The molecule has 0 unspecified atom stereocenters. The summed E-state index contributed by atoms with van der Waals surface area (Å²) < 4.78 is 11.4. The zero-order chi connectivity index (χ0) is 17.2. The maximum Gasteiger partial charge on any atom is 0.343 e. The Balaban J connectivity index is 2.00. The van der Waals surface area contributed by atoms with Gasteiger partial charge in [0.15, 0.2) is 17.1 Å². The molecule has 0 amide bonds. The molecule has 3 rings (SSSR count). The average molecular weight is 330 g/mol. The van der Waals surface area contributed by atoms with Crippen LogP contribution in [0.1, 0.15) is 37.0 Å². The van der Waals surface area contributed by atoms with Crippen LogP contribution in [0.25, 0.3) is 11.3 Å². The number of rotatable bonds is 5. The summed E-state index contributed by atoms with van der Waals surface area (Å²) in [5, 5.41) is 13.8. The Hall–Kier alpha value is -2.34. The predicted octanol–water partition coefficient (Wildman–Crippen LogP) is 3.44. The minimum absolute atomic E-state index is 0.115. The fraction of sp³-hybridized carbons (Fsp3) is 0.444. The van der Waals surface area contributed by atoms with Crippen LogP contribution in [0.2, 0.25) is 0 Å².